The van der Waals surface area contributed by atoms with Gasteiger partial charge in [-0.25, -0.2) is 9.50 Å². The maximum atomic E-state index is 8.78. The molecule has 23 heavy (non-hydrogen) atoms. The predicted octanol–water partition coefficient (Wildman–Crippen LogP) is 2.30. The average molecular weight is 318 g/mol. The van der Waals surface area contributed by atoms with Crippen molar-refractivity contribution in [2.45, 2.75) is 57.0 Å². The molecule has 0 aromatic carbocycles. The van der Waals surface area contributed by atoms with Crippen LogP contribution in [0.3, 0.4) is 0 Å². The van der Waals surface area contributed by atoms with Gasteiger partial charge in [0.05, 0.1) is 24.4 Å². The lowest BCUT2D eigenvalue weighted by Gasteiger charge is -2.40. The minimum Gasteiger partial charge on any atom is -0.391 e. The first-order chi connectivity index (χ1) is 11.1. The third-order valence-corrected chi connectivity index (χ3v) is 5.08. The second-order valence-electron chi connectivity index (χ2n) is 6.53. The molecule has 6 heteroatoms. The summed E-state index contributed by atoms with van der Waals surface area (Å²) in [7, 11) is 0. The number of hydrogen-bond donors (Lipinski definition) is 2. The van der Waals surface area contributed by atoms with Gasteiger partial charge >= 0.3 is 0 Å². The number of nitrogen functional groups attached to an aromatic ring is 1. The van der Waals surface area contributed by atoms with Crippen molar-refractivity contribution in [1.82, 2.24) is 14.6 Å². The van der Waals surface area contributed by atoms with Crippen molar-refractivity contribution in [2.75, 3.05) is 18.9 Å². The molecule has 6 nitrogen and oxygen atoms in total. The number of aliphatic hydroxyl groups is 1. The monoisotopic (exact) mass is 318 g/mol. The van der Waals surface area contributed by atoms with Gasteiger partial charge < -0.3 is 15.6 Å². The molecule has 126 valence electrons. The smallest absolute Gasteiger partial charge is 0.238 e. The number of nitrogens with two attached hydrogens (primary N) is 1. The molecule has 3 heterocycles. The highest BCUT2D eigenvalue weighted by Gasteiger charge is 2.39. The summed E-state index contributed by atoms with van der Waals surface area (Å²) in [5, 5.41) is 13.1. The van der Waals surface area contributed by atoms with Gasteiger partial charge in [0.2, 0.25) is 5.95 Å². The van der Waals surface area contributed by atoms with Crippen LogP contribution in [0.1, 0.15) is 51.1 Å². The second kappa shape index (κ2) is 6.84. The molecule has 2 aliphatic rings. The van der Waals surface area contributed by atoms with Crippen LogP contribution in [0.15, 0.2) is 18.3 Å². The van der Waals surface area contributed by atoms with E-state index < -0.39 is 0 Å². The number of anilines is 1. The second-order valence-corrected chi connectivity index (χ2v) is 6.53. The molecule has 0 bridgehead atoms. The molecule has 3 N–H and O–H groups in total. The maximum absolute atomic E-state index is 8.78. The Hall–Kier alpha value is -1.66. The number of fused-ring (bicyclic) bond motifs is 1. The Morgan fingerprint density at radius 1 is 1.39 bits per heavy atom. The third kappa shape index (κ3) is 3.33. The van der Waals surface area contributed by atoms with Gasteiger partial charge in [-0.15, -0.1) is 5.10 Å². The van der Waals surface area contributed by atoms with E-state index in [9.17, 15) is 0 Å². The summed E-state index contributed by atoms with van der Waals surface area (Å²) in [6, 6.07) is 4.25. The van der Waals surface area contributed by atoms with Crippen molar-refractivity contribution < 1.29 is 9.84 Å². The molecule has 0 spiro atoms. The average Bonchev–Trinajstić information content (AvgIpc) is 2.92. The van der Waals surface area contributed by atoms with Gasteiger partial charge in [-0.05, 0) is 44.2 Å². The van der Waals surface area contributed by atoms with Gasteiger partial charge in [-0.2, -0.15) is 0 Å². The summed E-state index contributed by atoms with van der Waals surface area (Å²) in [6.45, 7) is 3.63. The lowest BCUT2D eigenvalue weighted by molar-refractivity contribution is -0.00535. The summed E-state index contributed by atoms with van der Waals surface area (Å²) in [4.78, 5) is 4.02. The normalized spacial score (nSPS) is 23.0. The lowest BCUT2D eigenvalue weighted by atomic mass is 9.65. The van der Waals surface area contributed by atoms with Crippen LogP contribution in [0, 0.1) is 0 Å². The maximum Gasteiger partial charge on any atom is 0.238 e. The van der Waals surface area contributed by atoms with Gasteiger partial charge in [-0.3, -0.25) is 0 Å². The first-order valence-electron chi connectivity index (χ1n) is 8.51. The summed E-state index contributed by atoms with van der Waals surface area (Å²) in [6.07, 6.45) is 8.55. The fourth-order valence-electron chi connectivity index (χ4n) is 3.43. The molecule has 2 aromatic heterocycles. The minimum absolute atomic E-state index is 0.186. The van der Waals surface area contributed by atoms with Crippen molar-refractivity contribution in [1.29, 1.82) is 0 Å². The minimum atomic E-state index is -0.186. The van der Waals surface area contributed by atoms with E-state index in [4.69, 9.17) is 15.6 Å². The number of hydrogen-bond acceptors (Lipinski definition) is 5. The van der Waals surface area contributed by atoms with E-state index in [0.717, 1.165) is 25.0 Å². The van der Waals surface area contributed by atoms with E-state index in [1.807, 2.05) is 4.52 Å². The van der Waals surface area contributed by atoms with Crippen LogP contribution in [-0.2, 0) is 10.2 Å². The quantitative estimate of drug-likeness (QED) is 0.887. The van der Waals surface area contributed by atoms with E-state index in [0.29, 0.717) is 18.0 Å². The van der Waals surface area contributed by atoms with Crippen LogP contribution in [-0.4, -0.2) is 39.0 Å². The highest BCUT2D eigenvalue weighted by atomic mass is 16.5. The number of nitrogens with zero attached hydrogens (tertiary/aromatic N) is 3. The van der Waals surface area contributed by atoms with E-state index >= 15 is 0 Å². The van der Waals surface area contributed by atoms with Crippen molar-refractivity contribution >= 4 is 11.5 Å². The predicted molar refractivity (Wildman–Crippen MR) is 89.3 cm³/mol. The van der Waals surface area contributed by atoms with Crippen molar-refractivity contribution in [3.8, 4) is 0 Å². The molecule has 4 rings (SSSR count). The molecule has 1 saturated carbocycles. The molecule has 2 fully saturated rings. The van der Waals surface area contributed by atoms with Crippen LogP contribution in [0.4, 0.5) is 5.95 Å². The Bertz CT molecular complexity index is 640. The lowest BCUT2D eigenvalue weighted by Crippen LogP contribution is -2.35. The van der Waals surface area contributed by atoms with Crippen LogP contribution in [0.2, 0.25) is 0 Å². The van der Waals surface area contributed by atoms with Crippen LogP contribution in [0.25, 0.3) is 5.52 Å². The Morgan fingerprint density at radius 2 is 2.22 bits per heavy atom. The summed E-state index contributed by atoms with van der Waals surface area (Å²) >= 11 is 0. The molecule has 1 unspecified atom stereocenters. The topological polar surface area (TPSA) is 85.7 Å². The molecular weight excluding hydrogens is 292 g/mol. The standard InChI is InChI=1S/C12H16N4.C5H10O2/c1-2-12(6-3-7-12)10-5-4-9-8-14-11(13)15-16(9)10;6-5-2-1-3-7-4-5/h4-5,8H,2-3,6-7H2,1H3,(H2,13,15);5-6H,1-4H2. The Balaban J connectivity index is 0.000000188. The number of aromatic nitrogens is 3. The largest absolute Gasteiger partial charge is 0.391 e. The fraction of sp³-hybridized carbons (Fsp3) is 0.647. The van der Waals surface area contributed by atoms with Gasteiger partial charge in [0, 0.05) is 17.7 Å². The van der Waals surface area contributed by atoms with Gasteiger partial charge in [0.15, 0.2) is 0 Å². The number of rotatable bonds is 2. The Labute approximate surface area is 136 Å². The third-order valence-electron chi connectivity index (χ3n) is 5.08. The van der Waals surface area contributed by atoms with E-state index in [1.54, 1.807) is 6.20 Å². The highest BCUT2D eigenvalue weighted by Crippen LogP contribution is 2.46. The fourth-order valence-corrected chi connectivity index (χ4v) is 3.43. The Morgan fingerprint density at radius 3 is 2.74 bits per heavy atom. The van der Waals surface area contributed by atoms with E-state index in [-0.39, 0.29) is 6.10 Å². The summed E-state index contributed by atoms with van der Waals surface area (Å²) < 4.78 is 6.90. The molecule has 1 atom stereocenters. The highest BCUT2D eigenvalue weighted by molar-refractivity contribution is 5.49. The van der Waals surface area contributed by atoms with Gasteiger partial charge in [0.1, 0.15) is 0 Å². The van der Waals surface area contributed by atoms with E-state index in [2.05, 4.69) is 29.1 Å². The molecular formula is C17H26N4O2. The molecule has 0 amide bonds. The van der Waals surface area contributed by atoms with Crippen LogP contribution >= 0.6 is 0 Å². The molecule has 1 saturated heterocycles. The zero-order chi connectivity index (χ0) is 16.3. The van der Waals surface area contributed by atoms with Gasteiger partial charge in [0.25, 0.3) is 0 Å². The zero-order valence-corrected chi connectivity index (χ0v) is 13.7. The molecule has 2 aromatic rings. The molecule has 0 radical (unpaired) electrons. The van der Waals surface area contributed by atoms with Crippen LogP contribution < -0.4 is 5.73 Å². The zero-order valence-electron chi connectivity index (χ0n) is 13.7. The van der Waals surface area contributed by atoms with Crippen molar-refractivity contribution in [3.05, 3.63) is 24.0 Å². The molecule has 1 aliphatic heterocycles. The summed E-state index contributed by atoms with van der Waals surface area (Å²) in [5.41, 5.74) is 8.31. The number of ether oxygens (including phenoxy) is 1. The number of aliphatic hydroxyl groups excluding tert-OH is 1. The first-order valence-corrected chi connectivity index (χ1v) is 8.51. The van der Waals surface area contributed by atoms with Crippen molar-refractivity contribution in [2.24, 2.45) is 0 Å². The van der Waals surface area contributed by atoms with E-state index in [1.165, 1.54) is 31.4 Å². The first kappa shape index (κ1) is 16.2. The SMILES string of the molecule is CCC1(c2ccc3cnc(N)nn23)CCC1.OC1CCCOC1. The van der Waals surface area contributed by atoms with Gasteiger partial charge in [-0.1, -0.05) is 13.3 Å². The Kier molecular flexibility index (Phi) is 4.82. The molecule has 1 aliphatic carbocycles. The summed E-state index contributed by atoms with van der Waals surface area (Å²) in [5.74, 6) is 0.343. The van der Waals surface area contributed by atoms with Crippen LogP contribution in [0.5, 0.6) is 0 Å². The van der Waals surface area contributed by atoms with Crippen molar-refractivity contribution in [3.63, 3.8) is 0 Å².